The molecule has 0 unspecified atom stereocenters. The fraction of sp³-hybridized carbons (Fsp3) is 0.115. The fourth-order valence-electron chi connectivity index (χ4n) is 3.45. The molecule has 1 aliphatic rings. The van der Waals surface area contributed by atoms with Gasteiger partial charge in [0.2, 0.25) is 0 Å². The number of imide groups is 2. The lowest BCUT2D eigenvalue weighted by Crippen LogP contribution is -2.54. The molecule has 1 saturated heterocycles. The Morgan fingerprint density at radius 2 is 1.76 bits per heavy atom. The third kappa shape index (κ3) is 4.70. The summed E-state index contributed by atoms with van der Waals surface area (Å²) < 4.78 is 20.0. The quantitative estimate of drug-likeness (QED) is 0.396. The Balaban J connectivity index is 1.56. The van der Waals surface area contributed by atoms with Crippen LogP contribution in [0.2, 0.25) is 5.02 Å². The Kier molecular flexibility index (Phi) is 6.47. The van der Waals surface area contributed by atoms with E-state index < -0.39 is 23.7 Å². The summed E-state index contributed by atoms with van der Waals surface area (Å²) in [5, 5.41) is 2.34. The maximum atomic E-state index is 14.2. The molecule has 0 saturated carbocycles. The van der Waals surface area contributed by atoms with Crippen LogP contribution in [0.3, 0.4) is 0 Å². The van der Waals surface area contributed by atoms with Gasteiger partial charge in [0.15, 0.2) is 0 Å². The van der Waals surface area contributed by atoms with Crippen LogP contribution in [0.15, 0.2) is 66.2 Å². The van der Waals surface area contributed by atoms with E-state index in [1.165, 1.54) is 35.9 Å². The lowest BCUT2D eigenvalue weighted by molar-refractivity contribution is -0.122. The summed E-state index contributed by atoms with van der Waals surface area (Å²) in [6.07, 6.45) is 1.29. The van der Waals surface area contributed by atoms with Gasteiger partial charge in [-0.2, -0.15) is 0 Å². The number of carbonyl (C=O) groups excluding carboxylic acids is 3. The molecular weight excluding hydrogens is 459 g/mol. The minimum atomic E-state index is -1.02. The molecule has 1 fully saturated rings. The zero-order valence-corrected chi connectivity index (χ0v) is 19.2. The topological polar surface area (TPSA) is 75.7 Å². The number of hydrogen-bond acceptors (Lipinski definition) is 4. The highest BCUT2D eigenvalue weighted by molar-refractivity contribution is 6.39. The third-order valence-corrected chi connectivity index (χ3v) is 5.72. The van der Waals surface area contributed by atoms with Crippen molar-refractivity contribution in [1.29, 1.82) is 0 Å². The van der Waals surface area contributed by atoms with Crippen molar-refractivity contribution < 1.29 is 23.5 Å². The van der Waals surface area contributed by atoms with E-state index in [0.29, 0.717) is 22.8 Å². The van der Waals surface area contributed by atoms with Crippen molar-refractivity contribution in [2.24, 2.45) is 0 Å². The van der Waals surface area contributed by atoms with Crippen LogP contribution in [0.25, 0.3) is 6.08 Å². The van der Waals surface area contributed by atoms with E-state index in [1.54, 1.807) is 12.1 Å². The van der Waals surface area contributed by atoms with Gasteiger partial charge < -0.3 is 4.74 Å². The first-order valence-corrected chi connectivity index (χ1v) is 10.8. The zero-order valence-electron chi connectivity index (χ0n) is 18.4. The van der Waals surface area contributed by atoms with Gasteiger partial charge in [0.1, 0.15) is 23.7 Å². The smallest absolute Gasteiger partial charge is 0.336 e. The Hall–Kier alpha value is -3.97. The molecule has 1 heterocycles. The molecule has 3 aromatic rings. The second kappa shape index (κ2) is 9.49. The fourth-order valence-corrected chi connectivity index (χ4v) is 3.70. The number of amides is 4. The Bertz CT molecular complexity index is 1350. The number of urea groups is 1. The van der Waals surface area contributed by atoms with Gasteiger partial charge in [-0.1, -0.05) is 48.0 Å². The highest BCUT2D eigenvalue weighted by atomic mass is 35.5. The molecule has 1 N–H and O–H groups in total. The van der Waals surface area contributed by atoms with Crippen LogP contribution in [0.5, 0.6) is 5.75 Å². The largest absolute Gasteiger partial charge is 0.487 e. The monoisotopic (exact) mass is 478 g/mol. The minimum absolute atomic E-state index is 0.253. The van der Waals surface area contributed by atoms with Gasteiger partial charge >= 0.3 is 6.03 Å². The van der Waals surface area contributed by atoms with E-state index in [9.17, 15) is 18.8 Å². The van der Waals surface area contributed by atoms with Crippen LogP contribution < -0.4 is 15.0 Å². The zero-order chi connectivity index (χ0) is 24.4. The van der Waals surface area contributed by atoms with E-state index in [0.717, 1.165) is 17.2 Å². The second-order valence-corrected chi connectivity index (χ2v) is 8.21. The third-order valence-electron chi connectivity index (χ3n) is 5.43. The van der Waals surface area contributed by atoms with Crippen molar-refractivity contribution in [2.75, 3.05) is 4.90 Å². The van der Waals surface area contributed by atoms with Gasteiger partial charge in [0.05, 0.1) is 10.7 Å². The number of nitrogens with zero attached hydrogens (tertiary/aromatic N) is 1. The number of nitrogens with one attached hydrogen (secondary N) is 1. The van der Waals surface area contributed by atoms with Gasteiger partial charge in [0.25, 0.3) is 11.8 Å². The number of anilines is 1. The van der Waals surface area contributed by atoms with Crippen molar-refractivity contribution in [3.8, 4) is 5.75 Å². The second-order valence-electron chi connectivity index (χ2n) is 7.81. The molecule has 0 atom stereocenters. The number of barbiturate groups is 1. The molecule has 172 valence electrons. The van der Waals surface area contributed by atoms with Crippen LogP contribution in [0.1, 0.15) is 22.3 Å². The Morgan fingerprint density at radius 3 is 2.47 bits per heavy atom. The number of ether oxygens (including phenoxy) is 1. The average molecular weight is 479 g/mol. The molecule has 4 rings (SSSR count). The van der Waals surface area contributed by atoms with Crippen LogP contribution in [0.4, 0.5) is 14.9 Å². The molecule has 4 amide bonds. The first-order valence-electron chi connectivity index (χ1n) is 10.4. The number of hydrogen-bond donors (Lipinski definition) is 1. The first-order chi connectivity index (χ1) is 16.2. The molecule has 0 spiro atoms. The molecule has 1 aliphatic heterocycles. The van der Waals surface area contributed by atoms with Gasteiger partial charge in [-0.25, -0.2) is 14.1 Å². The standard InChI is InChI=1S/C26H20ClFN2O4/c1-15-7-8-18(11-16(15)2)14-34-23-10-9-17(13-20(23)27)12-19-24(31)29-26(33)30(25(19)32)22-6-4-3-5-21(22)28/h3-13H,14H2,1-2H3,(H,29,31,33)/b19-12-. The van der Waals surface area contributed by atoms with E-state index in [1.807, 2.05) is 32.0 Å². The minimum Gasteiger partial charge on any atom is -0.487 e. The number of halogens is 2. The average Bonchev–Trinajstić information content (AvgIpc) is 2.79. The van der Waals surface area contributed by atoms with Gasteiger partial charge in [-0.15, -0.1) is 0 Å². The SMILES string of the molecule is Cc1ccc(COc2ccc(/C=C3/C(=O)NC(=O)N(c4ccccc4F)C3=O)cc2Cl)cc1C. The summed E-state index contributed by atoms with van der Waals surface area (Å²) in [5.74, 6) is -2.16. The maximum Gasteiger partial charge on any atom is 0.336 e. The van der Waals surface area contributed by atoms with Crippen LogP contribution in [0, 0.1) is 19.7 Å². The molecule has 3 aromatic carbocycles. The summed E-state index contributed by atoms with van der Waals surface area (Å²) in [6, 6.07) is 15.1. The summed E-state index contributed by atoms with van der Waals surface area (Å²) >= 11 is 6.36. The van der Waals surface area contributed by atoms with Crippen molar-refractivity contribution in [3.05, 3.63) is 99.3 Å². The van der Waals surface area contributed by atoms with E-state index in [-0.39, 0.29) is 16.3 Å². The number of rotatable bonds is 5. The summed E-state index contributed by atoms with van der Waals surface area (Å²) in [4.78, 5) is 38.1. The first kappa shape index (κ1) is 23.2. The molecule has 0 aromatic heterocycles. The predicted molar refractivity (Wildman–Crippen MR) is 127 cm³/mol. The van der Waals surface area contributed by atoms with Crippen molar-refractivity contribution in [1.82, 2.24) is 5.32 Å². The summed E-state index contributed by atoms with van der Waals surface area (Å²) in [7, 11) is 0. The van der Waals surface area contributed by atoms with Crippen LogP contribution in [-0.4, -0.2) is 17.8 Å². The predicted octanol–water partition coefficient (Wildman–Crippen LogP) is 5.34. The highest BCUT2D eigenvalue weighted by Gasteiger charge is 2.37. The molecule has 0 radical (unpaired) electrons. The normalized spacial score (nSPS) is 15.0. The van der Waals surface area contributed by atoms with E-state index >= 15 is 0 Å². The Morgan fingerprint density at radius 1 is 1.00 bits per heavy atom. The van der Waals surface area contributed by atoms with Gasteiger partial charge in [-0.3, -0.25) is 14.9 Å². The summed E-state index contributed by atoms with van der Waals surface area (Å²) in [5.41, 5.74) is 3.19. The van der Waals surface area contributed by atoms with E-state index in [4.69, 9.17) is 16.3 Å². The van der Waals surface area contributed by atoms with Crippen molar-refractivity contribution in [2.45, 2.75) is 20.5 Å². The molecule has 6 nitrogen and oxygen atoms in total. The van der Waals surface area contributed by atoms with Gasteiger partial charge in [0, 0.05) is 0 Å². The molecule has 8 heteroatoms. The summed E-state index contributed by atoms with van der Waals surface area (Å²) in [6.45, 7) is 4.38. The van der Waals surface area contributed by atoms with E-state index in [2.05, 4.69) is 5.32 Å². The lowest BCUT2D eigenvalue weighted by Gasteiger charge is -2.26. The number of aryl methyl sites for hydroxylation is 2. The molecule has 0 aliphatic carbocycles. The van der Waals surface area contributed by atoms with Gasteiger partial charge in [-0.05, 0) is 66.4 Å². The Labute approximate surface area is 200 Å². The van der Waals surface area contributed by atoms with Crippen LogP contribution >= 0.6 is 11.6 Å². The number of para-hydroxylation sites is 1. The van der Waals surface area contributed by atoms with Crippen LogP contribution in [-0.2, 0) is 16.2 Å². The maximum absolute atomic E-state index is 14.2. The van der Waals surface area contributed by atoms with Crippen molar-refractivity contribution in [3.63, 3.8) is 0 Å². The highest BCUT2D eigenvalue weighted by Crippen LogP contribution is 2.29. The lowest BCUT2D eigenvalue weighted by atomic mass is 10.1. The van der Waals surface area contributed by atoms with Crippen molar-refractivity contribution >= 4 is 41.2 Å². The molecular formula is C26H20ClFN2O4. The number of benzene rings is 3. The molecule has 0 bridgehead atoms. The number of carbonyl (C=O) groups is 3. The molecule has 34 heavy (non-hydrogen) atoms.